The number of hydrogen-bond donors (Lipinski definition) is 0. The normalized spacial score (nSPS) is 27.3. The molecule has 1 nitrogen and oxygen atoms in total. The molecule has 12 heavy (non-hydrogen) atoms. The van der Waals surface area contributed by atoms with Crippen LogP contribution in [0.2, 0.25) is 0 Å². The van der Waals surface area contributed by atoms with Gasteiger partial charge in [0.15, 0.2) is 0 Å². The second kappa shape index (κ2) is 4.24. The maximum absolute atomic E-state index is 4.51. The third kappa shape index (κ3) is 2.33. The quantitative estimate of drug-likeness (QED) is 0.563. The van der Waals surface area contributed by atoms with Crippen LogP contribution in [0.3, 0.4) is 0 Å². The fourth-order valence-electron chi connectivity index (χ4n) is 1.58. The summed E-state index contributed by atoms with van der Waals surface area (Å²) in [5.41, 5.74) is 2.56. The van der Waals surface area contributed by atoms with Crippen molar-refractivity contribution in [2.75, 3.05) is 6.54 Å². The van der Waals surface area contributed by atoms with E-state index >= 15 is 0 Å². The van der Waals surface area contributed by atoms with Gasteiger partial charge in [0.1, 0.15) is 0 Å². The average molecular weight is 163 g/mol. The fourth-order valence-corrected chi connectivity index (χ4v) is 1.58. The van der Waals surface area contributed by atoms with E-state index in [9.17, 15) is 0 Å². The van der Waals surface area contributed by atoms with E-state index in [1.807, 2.05) is 0 Å². The first kappa shape index (κ1) is 9.24. The highest BCUT2D eigenvalue weighted by Gasteiger charge is 2.09. The van der Waals surface area contributed by atoms with Crippen molar-refractivity contribution in [3.05, 3.63) is 24.3 Å². The molecule has 1 atom stereocenters. The van der Waals surface area contributed by atoms with Crippen LogP contribution in [0.1, 0.15) is 26.7 Å². The summed E-state index contributed by atoms with van der Waals surface area (Å²) in [5, 5.41) is 0. The van der Waals surface area contributed by atoms with E-state index in [1.165, 1.54) is 11.3 Å². The number of aliphatic imine (C=N–C) groups is 1. The predicted octanol–water partition coefficient (Wildman–Crippen LogP) is 2.99. The van der Waals surface area contributed by atoms with E-state index in [4.69, 9.17) is 0 Å². The highest BCUT2D eigenvalue weighted by molar-refractivity contribution is 5.86. The van der Waals surface area contributed by atoms with Gasteiger partial charge in [-0.15, -0.1) is 0 Å². The Morgan fingerprint density at radius 3 is 3.08 bits per heavy atom. The molecule has 1 aliphatic rings. The Bertz CT molecular complexity index is 223. The van der Waals surface area contributed by atoms with Crippen molar-refractivity contribution in [1.29, 1.82) is 0 Å². The Kier molecular flexibility index (Phi) is 3.27. The van der Waals surface area contributed by atoms with Crippen LogP contribution in [0.25, 0.3) is 0 Å². The van der Waals surface area contributed by atoms with Gasteiger partial charge in [-0.3, -0.25) is 4.99 Å². The van der Waals surface area contributed by atoms with Crippen LogP contribution in [0, 0.1) is 5.92 Å². The van der Waals surface area contributed by atoms with E-state index in [1.54, 1.807) is 0 Å². The van der Waals surface area contributed by atoms with Gasteiger partial charge in [-0.25, -0.2) is 0 Å². The second-order valence-corrected chi connectivity index (χ2v) is 3.35. The zero-order valence-corrected chi connectivity index (χ0v) is 8.01. The minimum absolute atomic E-state index is 0.576. The van der Waals surface area contributed by atoms with Gasteiger partial charge in [-0.1, -0.05) is 38.2 Å². The van der Waals surface area contributed by atoms with Gasteiger partial charge in [0, 0.05) is 5.71 Å². The standard InChI is InChI=1S/C11H17N/c1-4-11-10(3)8-9(2)6-5-7-12-11/h5-6,10H,2,4,7-8H2,1,3H3/b6-5-,12-11?. The summed E-state index contributed by atoms with van der Waals surface area (Å²) < 4.78 is 0. The fraction of sp³-hybridized carbons (Fsp3) is 0.545. The third-order valence-corrected chi connectivity index (χ3v) is 2.25. The summed E-state index contributed by atoms with van der Waals surface area (Å²) in [5.74, 6) is 0.576. The van der Waals surface area contributed by atoms with Gasteiger partial charge < -0.3 is 0 Å². The zero-order valence-electron chi connectivity index (χ0n) is 8.01. The first-order chi connectivity index (χ1) is 5.74. The van der Waals surface area contributed by atoms with Gasteiger partial charge in [0.25, 0.3) is 0 Å². The largest absolute Gasteiger partial charge is 0.290 e. The smallest absolute Gasteiger partial charge is 0.0572 e. The molecule has 0 aromatic heterocycles. The lowest BCUT2D eigenvalue weighted by atomic mass is 9.94. The Balaban J connectivity index is 2.73. The van der Waals surface area contributed by atoms with Crippen molar-refractivity contribution in [2.45, 2.75) is 26.7 Å². The molecular formula is C11H17N. The molecule has 1 rings (SSSR count). The molecule has 0 aliphatic carbocycles. The number of hydrogen-bond acceptors (Lipinski definition) is 1. The molecule has 0 saturated heterocycles. The molecular weight excluding hydrogens is 146 g/mol. The SMILES string of the molecule is C=C1/C=C\CN=C(CC)C(C)C1. The lowest BCUT2D eigenvalue weighted by Gasteiger charge is -2.15. The molecule has 0 radical (unpaired) electrons. The first-order valence-electron chi connectivity index (χ1n) is 4.61. The van der Waals surface area contributed by atoms with Crippen LogP contribution in [0.5, 0.6) is 0 Å². The molecule has 0 spiro atoms. The van der Waals surface area contributed by atoms with Crippen LogP contribution >= 0.6 is 0 Å². The molecule has 0 N–H and O–H groups in total. The Morgan fingerprint density at radius 2 is 2.42 bits per heavy atom. The van der Waals surface area contributed by atoms with Gasteiger partial charge in [-0.05, 0) is 18.8 Å². The number of rotatable bonds is 1. The van der Waals surface area contributed by atoms with Gasteiger partial charge >= 0.3 is 0 Å². The Morgan fingerprint density at radius 1 is 1.67 bits per heavy atom. The lowest BCUT2D eigenvalue weighted by molar-refractivity contribution is 0.747. The van der Waals surface area contributed by atoms with E-state index in [0.717, 1.165) is 19.4 Å². The molecule has 0 aromatic carbocycles. The summed E-state index contributed by atoms with van der Waals surface area (Å²) in [6.07, 6.45) is 6.31. The minimum atomic E-state index is 0.576. The maximum Gasteiger partial charge on any atom is 0.0572 e. The second-order valence-electron chi connectivity index (χ2n) is 3.35. The van der Waals surface area contributed by atoms with E-state index in [-0.39, 0.29) is 0 Å². The molecule has 0 amide bonds. The van der Waals surface area contributed by atoms with E-state index in [2.05, 4.69) is 37.6 Å². The van der Waals surface area contributed by atoms with E-state index < -0.39 is 0 Å². The molecule has 66 valence electrons. The van der Waals surface area contributed by atoms with Gasteiger partial charge in [0.05, 0.1) is 6.54 Å². The molecule has 0 bridgehead atoms. The van der Waals surface area contributed by atoms with E-state index in [0.29, 0.717) is 5.92 Å². The topological polar surface area (TPSA) is 12.4 Å². The molecule has 0 aromatic rings. The number of allylic oxidation sites excluding steroid dienone is 2. The maximum atomic E-state index is 4.51. The van der Waals surface area contributed by atoms with Crippen LogP contribution < -0.4 is 0 Å². The van der Waals surface area contributed by atoms with Crippen LogP contribution in [-0.4, -0.2) is 12.3 Å². The van der Waals surface area contributed by atoms with Crippen molar-refractivity contribution < 1.29 is 0 Å². The van der Waals surface area contributed by atoms with Crippen LogP contribution in [0.4, 0.5) is 0 Å². The molecule has 0 saturated carbocycles. The summed E-state index contributed by atoms with van der Waals surface area (Å²) in [6.45, 7) is 9.22. The lowest BCUT2D eigenvalue weighted by Crippen LogP contribution is -2.12. The average Bonchev–Trinajstić information content (AvgIpc) is 2.01. The third-order valence-electron chi connectivity index (χ3n) is 2.25. The molecule has 1 unspecified atom stereocenters. The van der Waals surface area contributed by atoms with Crippen molar-refractivity contribution in [1.82, 2.24) is 0 Å². The summed E-state index contributed by atoms with van der Waals surface area (Å²) in [6, 6.07) is 0. The summed E-state index contributed by atoms with van der Waals surface area (Å²) in [4.78, 5) is 4.51. The van der Waals surface area contributed by atoms with Crippen molar-refractivity contribution in [2.24, 2.45) is 10.9 Å². The monoisotopic (exact) mass is 163 g/mol. The molecule has 1 aliphatic heterocycles. The van der Waals surface area contributed by atoms with Gasteiger partial charge in [-0.2, -0.15) is 0 Å². The summed E-state index contributed by atoms with van der Waals surface area (Å²) in [7, 11) is 0. The molecule has 1 heteroatoms. The Hall–Kier alpha value is -0.850. The number of nitrogens with zero attached hydrogens (tertiary/aromatic N) is 1. The van der Waals surface area contributed by atoms with Crippen LogP contribution in [0.15, 0.2) is 29.3 Å². The minimum Gasteiger partial charge on any atom is -0.290 e. The first-order valence-corrected chi connectivity index (χ1v) is 4.61. The predicted molar refractivity (Wildman–Crippen MR) is 54.7 cm³/mol. The summed E-state index contributed by atoms with van der Waals surface area (Å²) >= 11 is 0. The molecule has 0 fully saturated rings. The van der Waals surface area contributed by atoms with Crippen LogP contribution in [-0.2, 0) is 0 Å². The van der Waals surface area contributed by atoms with Gasteiger partial charge in [0.2, 0.25) is 0 Å². The van der Waals surface area contributed by atoms with Crippen molar-refractivity contribution >= 4 is 5.71 Å². The molecule has 1 heterocycles. The van der Waals surface area contributed by atoms with Crippen molar-refractivity contribution in [3.63, 3.8) is 0 Å². The zero-order chi connectivity index (χ0) is 8.97. The highest BCUT2D eigenvalue weighted by atomic mass is 14.7. The Labute approximate surface area is 74.9 Å². The highest BCUT2D eigenvalue weighted by Crippen LogP contribution is 2.16. The van der Waals surface area contributed by atoms with Crippen molar-refractivity contribution in [3.8, 4) is 0 Å².